The maximum absolute atomic E-state index is 12.7. The van der Waals surface area contributed by atoms with E-state index in [2.05, 4.69) is 4.98 Å². The number of aromatic amines is 1. The Labute approximate surface area is 128 Å². The molecule has 0 aromatic carbocycles. The highest BCUT2D eigenvalue weighted by Gasteiger charge is 2.36. The van der Waals surface area contributed by atoms with Gasteiger partial charge in [-0.3, -0.25) is 0 Å². The summed E-state index contributed by atoms with van der Waals surface area (Å²) >= 11 is 0. The third-order valence-corrected chi connectivity index (χ3v) is 5.62. The lowest BCUT2D eigenvalue weighted by Crippen LogP contribution is -2.29. The number of hydrogen-bond acceptors (Lipinski definition) is 5. The Morgan fingerprint density at radius 2 is 1.86 bits per heavy atom. The molecule has 0 radical (unpaired) electrons. The molecule has 0 unspecified atom stereocenters. The minimum absolute atomic E-state index is 0.0720. The summed E-state index contributed by atoms with van der Waals surface area (Å²) in [7, 11) is -3.96. The molecule has 2 heterocycles. The Balaban J connectivity index is 2.59. The standard InChI is InChI=1S/C13H18N2O6S/c1-3-21-13(18)9-8(2)11(10(14-9)12(16)17)22(19,20)15-6-4-5-7-15/h14H,3-7H2,1-2H3,(H,16,17). The van der Waals surface area contributed by atoms with Crippen molar-refractivity contribution in [1.82, 2.24) is 9.29 Å². The smallest absolute Gasteiger partial charge is 0.355 e. The number of carbonyl (C=O) groups is 2. The fourth-order valence-electron chi connectivity index (χ4n) is 2.51. The van der Waals surface area contributed by atoms with Crippen LogP contribution in [0.5, 0.6) is 0 Å². The molecule has 8 nitrogen and oxygen atoms in total. The van der Waals surface area contributed by atoms with Crippen molar-refractivity contribution in [2.75, 3.05) is 19.7 Å². The first kappa shape index (κ1) is 16.5. The van der Waals surface area contributed by atoms with Gasteiger partial charge in [-0.1, -0.05) is 0 Å². The third kappa shape index (κ3) is 2.73. The number of hydrogen-bond donors (Lipinski definition) is 2. The number of aromatic nitrogens is 1. The van der Waals surface area contributed by atoms with Gasteiger partial charge in [-0.05, 0) is 26.7 Å². The van der Waals surface area contributed by atoms with Crippen molar-refractivity contribution >= 4 is 22.0 Å². The van der Waals surface area contributed by atoms with Crippen LogP contribution in [0.3, 0.4) is 0 Å². The summed E-state index contributed by atoms with van der Waals surface area (Å²) in [4.78, 5) is 25.2. The zero-order chi connectivity index (χ0) is 16.5. The van der Waals surface area contributed by atoms with E-state index < -0.39 is 27.7 Å². The Morgan fingerprint density at radius 3 is 2.36 bits per heavy atom. The largest absolute Gasteiger partial charge is 0.477 e. The van der Waals surface area contributed by atoms with E-state index in [4.69, 9.17) is 4.74 Å². The van der Waals surface area contributed by atoms with Gasteiger partial charge in [0.05, 0.1) is 6.61 Å². The van der Waals surface area contributed by atoms with E-state index >= 15 is 0 Å². The van der Waals surface area contributed by atoms with Crippen molar-refractivity contribution < 1.29 is 27.9 Å². The van der Waals surface area contributed by atoms with Crippen LogP contribution in [0.1, 0.15) is 46.3 Å². The molecule has 122 valence electrons. The van der Waals surface area contributed by atoms with E-state index in [1.54, 1.807) is 6.92 Å². The van der Waals surface area contributed by atoms with Gasteiger partial charge in [0.15, 0.2) is 0 Å². The van der Waals surface area contributed by atoms with Crippen molar-refractivity contribution in [3.63, 3.8) is 0 Å². The average Bonchev–Trinajstić information content (AvgIpc) is 3.06. The number of ether oxygens (including phenoxy) is 1. The van der Waals surface area contributed by atoms with Crippen LogP contribution >= 0.6 is 0 Å². The normalized spacial score (nSPS) is 15.9. The number of nitrogens with one attached hydrogen (secondary N) is 1. The lowest BCUT2D eigenvalue weighted by atomic mass is 10.2. The predicted octanol–water partition coefficient (Wildman–Crippen LogP) is 0.983. The highest BCUT2D eigenvalue weighted by molar-refractivity contribution is 7.89. The molecule has 0 spiro atoms. The summed E-state index contributed by atoms with van der Waals surface area (Å²) in [5.74, 6) is -2.21. The van der Waals surface area contributed by atoms with Crippen LogP contribution in [0.25, 0.3) is 0 Å². The summed E-state index contributed by atoms with van der Waals surface area (Å²) in [6.45, 7) is 3.81. The van der Waals surface area contributed by atoms with E-state index in [0.717, 1.165) is 12.8 Å². The number of carboxylic acid groups (broad SMARTS) is 1. The number of nitrogens with zero attached hydrogens (tertiary/aromatic N) is 1. The first-order valence-corrected chi connectivity index (χ1v) is 8.37. The van der Waals surface area contributed by atoms with Crippen molar-refractivity contribution in [3.05, 3.63) is 17.0 Å². The number of esters is 1. The van der Waals surface area contributed by atoms with Gasteiger partial charge in [0.2, 0.25) is 10.0 Å². The number of aromatic carboxylic acids is 1. The molecule has 9 heteroatoms. The fourth-order valence-corrected chi connectivity index (χ4v) is 4.40. The highest BCUT2D eigenvalue weighted by Crippen LogP contribution is 2.29. The predicted molar refractivity (Wildman–Crippen MR) is 76.4 cm³/mol. The maximum atomic E-state index is 12.7. The number of carboxylic acids is 1. The molecule has 2 rings (SSSR count). The van der Waals surface area contributed by atoms with Crippen molar-refractivity contribution in [2.45, 2.75) is 31.6 Å². The lowest BCUT2D eigenvalue weighted by molar-refractivity contribution is 0.0519. The first-order chi connectivity index (χ1) is 10.3. The molecule has 1 aliphatic heterocycles. The molecule has 1 saturated heterocycles. The first-order valence-electron chi connectivity index (χ1n) is 6.93. The number of carbonyl (C=O) groups excluding carboxylic acids is 1. The number of sulfonamides is 1. The average molecular weight is 330 g/mol. The molecule has 0 aliphatic carbocycles. The quantitative estimate of drug-likeness (QED) is 0.777. The van der Waals surface area contributed by atoms with E-state index in [1.807, 2.05) is 0 Å². The summed E-state index contributed by atoms with van der Waals surface area (Å²) in [6, 6.07) is 0. The Kier molecular flexibility index (Phi) is 4.57. The summed E-state index contributed by atoms with van der Waals surface area (Å²) in [5, 5.41) is 9.25. The molecule has 0 bridgehead atoms. The van der Waals surface area contributed by atoms with Crippen molar-refractivity contribution in [1.29, 1.82) is 0 Å². The molecular formula is C13H18N2O6S. The molecule has 1 aromatic rings. The molecule has 0 saturated carbocycles. The van der Waals surface area contributed by atoms with Crippen LogP contribution in [0.4, 0.5) is 0 Å². The second-order valence-electron chi connectivity index (χ2n) is 4.97. The SMILES string of the molecule is CCOC(=O)c1[nH]c(C(=O)O)c(S(=O)(=O)N2CCCC2)c1C. The number of rotatable bonds is 5. The minimum atomic E-state index is -3.96. The van der Waals surface area contributed by atoms with Crippen LogP contribution in [0, 0.1) is 6.92 Å². The van der Waals surface area contributed by atoms with Gasteiger partial charge in [-0.2, -0.15) is 4.31 Å². The molecule has 22 heavy (non-hydrogen) atoms. The highest BCUT2D eigenvalue weighted by atomic mass is 32.2. The van der Waals surface area contributed by atoms with Gasteiger partial charge in [0.25, 0.3) is 0 Å². The monoisotopic (exact) mass is 330 g/mol. The molecule has 0 amide bonds. The summed E-state index contributed by atoms with van der Waals surface area (Å²) in [5.41, 5.74) is -0.577. The Bertz CT molecular complexity index is 700. The molecule has 1 fully saturated rings. The second-order valence-corrected chi connectivity index (χ2v) is 6.84. The van der Waals surface area contributed by atoms with Crippen molar-refractivity contribution in [3.8, 4) is 0 Å². The number of H-pyrrole nitrogens is 1. The van der Waals surface area contributed by atoms with Crippen LogP contribution in [-0.4, -0.2) is 54.4 Å². The van der Waals surface area contributed by atoms with Crippen LogP contribution in [0.15, 0.2) is 4.90 Å². The van der Waals surface area contributed by atoms with Gasteiger partial charge in [-0.25, -0.2) is 18.0 Å². The fraction of sp³-hybridized carbons (Fsp3) is 0.538. The topological polar surface area (TPSA) is 117 Å². The lowest BCUT2D eigenvalue weighted by Gasteiger charge is -2.15. The molecule has 1 aliphatic rings. The zero-order valence-electron chi connectivity index (χ0n) is 12.4. The Morgan fingerprint density at radius 1 is 1.27 bits per heavy atom. The minimum Gasteiger partial charge on any atom is -0.477 e. The molecular weight excluding hydrogens is 312 g/mol. The maximum Gasteiger partial charge on any atom is 0.355 e. The second kappa shape index (κ2) is 6.09. The van der Waals surface area contributed by atoms with Gasteiger partial charge in [-0.15, -0.1) is 0 Å². The van der Waals surface area contributed by atoms with Gasteiger partial charge >= 0.3 is 11.9 Å². The van der Waals surface area contributed by atoms with E-state index in [-0.39, 0.29) is 22.8 Å². The van der Waals surface area contributed by atoms with E-state index in [9.17, 15) is 23.1 Å². The molecule has 2 N–H and O–H groups in total. The van der Waals surface area contributed by atoms with E-state index in [1.165, 1.54) is 11.2 Å². The Hall–Kier alpha value is -1.87. The molecule has 1 aromatic heterocycles. The third-order valence-electron chi connectivity index (χ3n) is 3.55. The van der Waals surface area contributed by atoms with Crippen LogP contribution in [-0.2, 0) is 14.8 Å². The van der Waals surface area contributed by atoms with Gasteiger partial charge < -0.3 is 14.8 Å². The van der Waals surface area contributed by atoms with Crippen LogP contribution in [0.2, 0.25) is 0 Å². The molecule has 0 atom stereocenters. The van der Waals surface area contributed by atoms with E-state index in [0.29, 0.717) is 13.1 Å². The van der Waals surface area contributed by atoms with Crippen LogP contribution < -0.4 is 0 Å². The van der Waals surface area contributed by atoms with Gasteiger partial charge in [0.1, 0.15) is 16.3 Å². The summed E-state index contributed by atoms with van der Waals surface area (Å²) in [6.07, 6.45) is 1.46. The summed E-state index contributed by atoms with van der Waals surface area (Å²) < 4.78 is 31.4. The zero-order valence-corrected chi connectivity index (χ0v) is 13.2. The van der Waals surface area contributed by atoms with Gasteiger partial charge in [0, 0.05) is 18.7 Å². The van der Waals surface area contributed by atoms with Crippen molar-refractivity contribution in [2.24, 2.45) is 0 Å².